The van der Waals surface area contributed by atoms with Crippen LogP contribution in [0.25, 0.3) is 0 Å². The minimum Gasteiger partial charge on any atom is -0.326 e. The summed E-state index contributed by atoms with van der Waals surface area (Å²) in [6.07, 6.45) is 0.420. The van der Waals surface area contributed by atoms with Crippen molar-refractivity contribution in [2.24, 2.45) is 0 Å². The quantitative estimate of drug-likeness (QED) is 0.277. The SMILES string of the molecule is CCC(=O)Nc1ccc(C(=O)CSc2nnc(SCc3ccc(C(C)C)cc3)s2)cc1. The third-order valence-corrected chi connectivity index (χ3v) is 7.80. The Morgan fingerprint density at radius 2 is 1.61 bits per heavy atom. The fourth-order valence-corrected chi connectivity index (χ4v) is 5.53. The van der Waals surface area contributed by atoms with Crippen LogP contribution >= 0.6 is 34.9 Å². The summed E-state index contributed by atoms with van der Waals surface area (Å²) in [7, 11) is 0. The zero-order chi connectivity index (χ0) is 22.2. The van der Waals surface area contributed by atoms with Gasteiger partial charge in [0.15, 0.2) is 14.5 Å². The Bertz CT molecular complexity index is 1020. The number of hydrogen-bond acceptors (Lipinski definition) is 7. The van der Waals surface area contributed by atoms with E-state index < -0.39 is 0 Å². The molecule has 3 rings (SSSR count). The zero-order valence-corrected chi connectivity index (χ0v) is 20.2. The molecule has 162 valence electrons. The number of rotatable bonds is 10. The highest BCUT2D eigenvalue weighted by molar-refractivity contribution is 8.03. The van der Waals surface area contributed by atoms with Gasteiger partial charge in [-0.3, -0.25) is 9.59 Å². The van der Waals surface area contributed by atoms with Gasteiger partial charge < -0.3 is 5.32 Å². The van der Waals surface area contributed by atoms with E-state index in [1.54, 1.807) is 43.0 Å². The lowest BCUT2D eigenvalue weighted by Crippen LogP contribution is -2.09. The van der Waals surface area contributed by atoms with Crippen LogP contribution in [0.15, 0.2) is 57.2 Å². The number of thioether (sulfide) groups is 2. The molecule has 31 heavy (non-hydrogen) atoms. The standard InChI is InChI=1S/C23H25N3O2S3/c1-4-21(28)24-19-11-9-18(10-12-19)20(27)14-30-23-26-25-22(31-23)29-13-16-5-7-17(8-6-16)15(2)3/h5-12,15H,4,13-14H2,1-3H3,(H,24,28). The van der Waals surface area contributed by atoms with Crippen LogP contribution in [0.3, 0.4) is 0 Å². The number of nitrogens with one attached hydrogen (secondary N) is 1. The number of ketones is 1. The summed E-state index contributed by atoms with van der Waals surface area (Å²) in [5.41, 5.74) is 3.91. The van der Waals surface area contributed by atoms with Crippen LogP contribution in [0.1, 0.15) is 54.6 Å². The van der Waals surface area contributed by atoms with Crippen molar-refractivity contribution in [3.8, 4) is 0 Å². The third kappa shape index (κ3) is 7.19. The first kappa shape index (κ1) is 23.5. The van der Waals surface area contributed by atoms with E-state index in [2.05, 4.69) is 53.6 Å². The first-order chi connectivity index (χ1) is 14.9. The predicted octanol–water partition coefficient (Wildman–Crippen LogP) is 6.28. The molecule has 0 aliphatic carbocycles. The van der Waals surface area contributed by atoms with Crippen molar-refractivity contribution in [1.29, 1.82) is 0 Å². The van der Waals surface area contributed by atoms with E-state index in [0.29, 0.717) is 29.3 Å². The van der Waals surface area contributed by atoms with Gasteiger partial charge in [-0.05, 0) is 41.3 Å². The van der Waals surface area contributed by atoms with Gasteiger partial charge in [0.1, 0.15) is 0 Å². The van der Waals surface area contributed by atoms with E-state index in [0.717, 1.165) is 14.4 Å². The molecule has 5 nitrogen and oxygen atoms in total. The zero-order valence-electron chi connectivity index (χ0n) is 17.8. The van der Waals surface area contributed by atoms with Crippen LogP contribution < -0.4 is 5.32 Å². The van der Waals surface area contributed by atoms with Crippen molar-refractivity contribution < 1.29 is 9.59 Å². The highest BCUT2D eigenvalue weighted by Gasteiger charge is 2.11. The second-order valence-electron chi connectivity index (χ2n) is 7.21. The molecule has 1 aromatic heterocycles. The van der Waals surface area contributed by atoms with Crippen LogP contribution in [-0.2, 0) is 10.5 Å². The van der Waals surface area contributed by atoms with E-state index in [-0.39, 0.29) is 11.7 Å². The molecule has 0 radical (unpaired) electrons. The molecule has 0 aliphatic heterocycles. The third-order valence-electron chi connectivity index (χ3n) is 4.54. The minimum absolute atomic E-state index is 0.0213. The van der Waals surface area contributed by atoms with Gasteiger partial charge in [-0.1, -0.05) is 79.9 Å². The van der Waals surface area contributed by atoms with Gasteiger partial charge in [0.2, 0.25) is 5.91 Å². The van der Waals surface area contributed by atoms with Gasteiger partial charge in [0.25, 0.3) is 0 Å². The minimum atomic E-state index is -0.0489. The maximum absolute atomic E-state index is 12.4. The number of carbonyl (C=O) groups is 2. The highest BCUT2D eigenvalue weighted by Crippen LogP contribution is 2.31. The smallest absolute Gasteiger partial charge is 0.224 e. The summed E-state index contributed by atoms with van der Waals surface area (Å²) in [6.45, 7) is 6.18. The van der Waals surface area contributed by atoms with Crippen molar-refractivity contribution in [2.45, 2.75) is 47.5 Å². The number of amides is 1. The highest BCUT2D eigenvalue weighted by atomic mass is 32.2. The molecule has 0 fully saturated rings. The molecule has 3 aromatic rings. The van der Waals surface area contributed by atoms with Crippen LogP contribution in [0.5, 0.6) is 0 Å². The Kier molecular flexibility index (Phi) is 8.69. The van der Waals surface area contributed by atoms with E-state index >= 15 is 0 Å². The summed E-state index contributed by atoms with van der Waals surface area (Å²) in [5, 5.41) is 11.2. The second-order valence-corrected chi connectivity index (χ2v) is 10.6. The lowest BCUT2D eigenvalue weighted by atomic mass is 10.0. The maximum atomic E-state index is 12.4. The van der Waals surface area contributed by atoms with Crippen LogP contribution in [0.4, 0.5) is 5.69 Å². The molecule has 2 aromatic carbocycles. The Morgan fingerprint density at radius 1 is 0.968 bits per heavy atom. The monoisotopic (exact) mass is 471 g/mol. The van der Waals surface area contributed by atoms with Crippen LogP contribution in [0.2, 0.25) is 0 Å². The van der Waals surface area contributed by atoms with Gasteiger partial charge in [0, 0.05) is 23.4 Å². The Morgan fingerprint density at radius 3 is 2.23 bits per heavy atom. The van der Waals surface area contributed by atoms with E-state index in [4.69, 9.17) is 0 Å². The molecule has 1 heterocycles. The first-order valence-electron chi connectivity index (χ1n) is 10.1. The van der Waals surface area contributed by atoms with Gasteiger partial charge >= 0.3 is 0 Å². The van der Waals surface area contributed by atoms with Crippen molar-refractivity contribution in [1.82, 2.24) is 10.2 Å². The van der Waals surface area contributed by atoms with E-state index in [1.165, 1.54) is 34.2 Å². The number of Topliss-reactive ketones (excluding diaryl/α,β-unsaturated/α-hetero) is 1. The van der Waals surface area contributed by atoms with Crippen molar-refractivity contribution in [3.63, 3.8) is 0 Å². The van der Waals surface area contributed by atoms with E-state index in [9.17, 15) is 9.59 Å². The molecule has 0 atom stereocenters. The number of anilines is 1. The average molecular weight is 472 g/mol. The summed E-state index contributed by atoms with van der Waals surface area (Å²) in [6, 6.07) is 15.7. The lowest BCUT2D eigenvalue weighted by molar-refractivity contribution is -0.115. The van der Waals surface area contributed by atoms with Gasteiger partial charge in [-0.2, -0.15) is 0 Å². The summed E-state index contributed by atoms with van der Waals surface area (Å²) in [4.78, 5) is 23.9. The topological polar surface area (TPSA) is 72.0 Å². The van der Waals surface area contributed by atoms with Gasteiger partial charge in [-0.15, -0.1) is 10.2 Å². The van der Waals surface area contributed by atoms with Crippen molar-refractivity contribution in [3.05, 3.63) is 65.2 Å². The summed E-state index contributed by atoms with van der Waals surface area (Å²) >= 11 is 4.57. The average Bonchev–Trinajstić information content (AvgIpc) is 3.24. The molecule has 0 spiro atoms. The first-order valence-corrected chi connectivity index (χ1v) is 12.8. The fourth-order valence-electron chi connectivity index (χ4n) is 2.66. The summed E-state index contributed by atoms with van der Waals surface area (Å²) < 4.78 is 1.69. The summed E-state index contributed by atoms with van der Waals surface area (Å²) in [5.74, 6) is 1.65. The van der Waals surface area contributed by atoms with Crippen molar-refractivity contribution in [2.75, 3.05) is 11.1 Å². The number of hydrogen-bond donors (Lipinski definition) is 1. The molecule has 0 saturated heterocycles. The predicted molar refractivity (Wildman–Crippen MR) is 130 cm³/mol. The van der Waals surface area contributed by atoms with Gasteiger partial charge in [0.05, 0.1) is 5.75 Å². The normalized spacial score (nSPS) is 11.0. The maximum Gasteiger partial charge on any atom is 0.224 e. The molecule has 1 N–H and O–H groups in total. The number of nitrogens with zero attached hydrogens (tertiary/aromatic N) is 2. The van der Waals surface area contributed by atoms with Gasteiger partial charge in [-0.25, -0.2) is 0 Å². The Balaban J connectivity index is 1.47. The fraction of sp³-hybridized carbons (Fsp3) is 0.304. The molecule has 1 amide bonds. The van der Waals surface area contributed by atoms with Crippen molar-refractivity contribution >= 4 is 52.2 Å². The molecular weight excluding hydrogens is 446 g/mol. The van der Waals surface area contributed by atoms with Crippen LogP contribution in [0, 0.1) is 0 Å². The number of carbonyl (C=O) groups excluding carboxylic acids is 2. The second kappa shape index (κ2) is 11.5. The molecule has 0 bridgehead atoms. The molecule has 8 heteroatoms. The van der Waals surface area contributed by atoms with E-state index in [1.807, 2.05) is 0 Å². The number of benzene rings is 2. The lowest BCUT2D eigenvalue weighted by Gasteiger charge is -2.06. The molecular formula is C23H25N3O2S3. The Labute approximate surface area is 195 Å². The molecule has 0 saturated carbocycles. The largest absolute Gasteiger partial charge is 0.326 e. The number of aromatic nitrogens is 2. The molecule has 0 aliphatic rings. The van der Waals surface area contributed by atoms with Crippen LogP contribution in [-0.4, -0.2) is 27.6 Å². The molecule has 0 unspecified atom stereocenters. The Hall–Kier alpha value is -2.16.